The van der Waals surface area contributed by atoms with Gasteiger partial charge in [0.2, 0.25) is 0 Å². The van der Waals surface area contributed by atoms with Crippen molar-refractivity contribution >= 4 is 33.6 Å². The Morgan fingerprint density at radius 1 is 1.07 bits per heavy atom. The van der Waals surface area contributed by atoms with E-state index in [1.807, 2.05) is 36.4 Å². The lowest BCUT2D eigenvalue weighted by Crippen LogP contribution is -2.48. The summed E-state index contributed by atoms with van der Waals surface area (Å²) in [5, 5.41) is 0.691. The van der Waals surface area contributed by atoms with Gasteiger partial charge in [0.1, 0.15) is 0 Å². The van der Waals surface area contributed by atoms with E-state index >= 15 is 0 Å². The third-order valence-corrected chi connectivity index (χ3v) is 6.06. The van der Waals surface area contributed by atoms with E-state index < -0.39 is 0 Å². The minimum absolute atomic E-state index is 0.260. The number of ether oxygens (including phenoxy) is 3. The average Bonchev–Trinajstić information content (AvgIpc) is 2.75. The molecule has 1 saturated heterocycles. The van der Waals surface area contributed by atoms with Gasteiger partial charge in [0, 0.05) is 48.6 Å². The first-order valence-electron chi connectivity index (χ1n) is 9.79. The van der Waals surface area contributed by atoms with Crippen LogP contribution in [-0.2, 0) is 17.7 Å². The molecule has 0 saturated carbocycles. The number of amides is 1. The zero-order chi connectivity index (χ0) is 21.5. The molecule has 0 aromatic heterocycles. The van der Waals surface area contributed by atoms with Gasteiger partial charge >= 0.3 is 6.09 Å². The van der Waals surface area contributed by atoms with Crippen LogP contribution in [0.25, 0.3) is 0 Å². The van der Waals surface area contributed by atoms with Crippen LogP contribution < -0.4 is 9.47 Å². The van der Waals surface area contributed by atoms with Crippen LogP contribution in [0.4, 0.5) is 4.79 Å². The highest BCUT2D eigenvalue weighted by molar-refractivity contribution is 9.10. The summed E-state index contributed by atoms with van der Waals surface area (Å²) in [6, 6.07) is 11.5. The van der Waals surface area contributed by atoms with Gasteiger partial charge < -0.3 is 19.1 Å². The molecule has 162 valence electrons. The molecule has 0 aliphatic carbocycles. The molecule has 0 N–H and O–H groups in total. The Hall–Kier alpha value is -1.96. The zero-order valence-electron chi connectivity index (χ0n) is 17.2. The lowest BCUT2D eigenvalue weighted by molar-refractivity contribution is 0.0752. The maximum Gasteiger partial charge on any atom is 0.409 e. The van der Waals surface area contributed by atoms with E-state index in [4.69, 9.17) is 25.8 Å². The molecule has 30 heavy (non-hydrogen) atoms. The van der Waals surface area contributed by atoms with Crippen molar-refractivity contribution in [2.75, 3.05) is 47.0 Å². The standard InChI is InChI=1S/C22H26BrClN2O4/c1-28-20-13-17(19(23)14-21(20)29-2)15-25-7-9-26(10-8-25)22(27)30-11-6-16-4-3-5-18(24)12-16/h3-5,12-14H,6-11,15H2,1-2H3. The molecule has 2 aromatic rings. The molecule has 0 atom stereocenters. The highest BCUT2D eigenvalue weighted by Crippen LogP contribution is 2.34. The molecule has 0 spiro atoms. The van der Waals surface area contributed by atoms with Gasteiger partial charge in [-0.2, -0.15) is 0 Å². The molecule has 1 amide bonds. The van der Waals surface area contributed by atoms with E-state index in [9.17, 15) is 4.79 Å². The molecule has 8 heteroatoms. The van der Waals surface area contributed by atoms with E-state index in [2.05, 4.69) is 20.8 Å². The average molecular weight is 498 g/mol. The van der Waals surface area contributed by atoms with E-state index in [1.165, 1.54) is 0 Å². The number of carbonyl (C=O) groups is 1. The first kappa shape index (κ1) is 22.7. The smallest absolute Gasteiger partial charge is 0.409 e. The van der Waals surface area contributed by atoms with E-state index in [1.54, 1.807) is 19.1 Å². The largest absolute Gasteiger partial charge is 0.493 e. The van der Waals surface area contributed by atoms with Crippen LogP contribution in [0, 0.1) is 0 Å². The summed E-state index contributed by atoms with van der Waals surface area (Å²) in [6.45, 7) is 3.95. The number of piperazine rings is 1. The molecule has 0 unspecified atom stereocenters. The van der Waals surface area contributed by atoms with Crippen LogP contribution in [0.1, 0.15) is 11.1 Å². The second kappa shape index (κ2) is 10.9. The Balaban J connectivity index is 1.46. The van der Waals surface area contributed by atoms with Crippen molar-refractivity contribution in [3.63, 3.8) is 0 Å². The number of nitrogens with zero attached hydrogens (tertiary/aromatic N) is 2. The molecule has 1 aliphatic rings. The Kier molecular flexibility index (Phi) is 8.24. The minimum atomic E-state index is -0.260. The summed E-state index contributed by atoms with van der Waals surface area (Å²) in [4.78, 5) is 16.4. The fraction of sp³-hybridized carbons (Fsp3) is 0.409. The number of hydrogen-bond acceptors (Lipinski definition) is 5. The van der Waals surface area contributed by atoms with Gasteiger partial charge in [-0.15, -0.1) is 0 Å². The lowest BCUT2D eigenvalue weighted by Gasteiger charge is -2.34. The maximum absolute atomic E-state index is 12.3. The van der Waals surface area contributed by atoms with Crippen molar-refractivity contribution in [1.82, 2.24) is 9.80 Å². The number of hydrogen-bond donors (Lipinski definition) is 0. The monoisotopic (exact) mass is 496 g/mol. The van der Waals surface area contributed by atoms with Crippen LogP contribution in [0.15, 0.2) is 40.9 Å². The van der Waals surface area contributed by atoms with Crippen molar-refractivity contribution in [1.29, 1.82) is 0 Å². The molecule has 1 aliphatic heterocycles. The molecule has 0 bridgehead atoms. The summed E-state index contributed by atoms with van der Waals surface area (Å²) < 4.78 is 17.2. The van der Waals surface area contributed by atoms with Crippen LogP contribution in [-0.4, -0.2) is 62.9 Å². The zero-order valence-corrected chi connectivity index (χ0v) is 19.5. The second-order valence-corrected chi connectivity index (χ2v) is 8.35. The highest BCUT2D eigenvalue weighted by atomic mass is 79.9. The Labute approximate surface area is 190 Å². The summed E-state index contributed by atoms with van der Waals surface area (Å²) in [6.07, 6.45) is 0.392. The number of methoxy groups -OCH3 is 2. The number of rotatable bonds is 7. The van der Waals surface area contributed by atoms with Crippen LogP contribution in [0.3, 0.4) is 0 Å². The summed E-state index contributed by atoms with van der Waals surface area (Å²) in [5.74, 6) is 1.40. The molecular weight excluding hydrogens is 472 g/mol. The first-order chi connectivity index (χ1) is 14.5. The number of halogens is 2. The summed E-state index contributed by atoms with van der Waals surface area (Å²) >= 11 is 9.59. The van der Waals surface area contributed by atoms with Crippen molar-refractivity contribution < 1.29 is 19.0 Å². The van der Waals surface area contributed by atoms with Crippen molar-refractivity contribution in [2.45, 2.75) is 13.0 Å². The first-order valence-corrected chi connectivity index (χ1v) is 11.0. The van der Waals surface area contributed by atoms with Crippen molar-refractivity contribution in [3.05, 3.63) is 57.0 Å². The minimum Gasteiger partial charge on any atom is -0.493 e. The quantitative estimate of drug-likeness (QED) is 0.559. The van der Waals surface area contributed by atoms with Crippen molar-refractivity contribution in [2.24, 2.45) is 0 Å². The van der Waals surface area contributed by atoms with Crippen LogP contribution in [0.2, 0.25) is 5.02 Å². The van der Waals surface area contributed by atoms with E-state index in [0.717, 1.165) is 35.2 Å². The highest BCUT2D eigenvalue weighted by Gasteiger charge is 2.23. The molecule has 1 heterocycles. The van der Waals surface area contributed by atoms with Gasteiger partial charge in [-0.25, -0.2) is 4.79 Å². The molecule has 1 fully saturated rings. The van der Waals surface area contributed by atoms with Gasteiger partial charge in [0.25, 0.3) is 0 Å². The van der Waals surface area contributed by atoms with Gasteiger partial charge in [0.05, 0.1) is 20.8 Å². The Morgan fingerprint density at radius 2 is 1.77 bits per heavy atom. The number of carbonyl (C=O) groups excluding carboxylic acids is 1. The molecule has 6 nitrogen and oxygen atoms in total. The fourth-order valence-corrected chi connectivity index (χ4v) is 4.05. The molecule has 2 aromatic carbocycles. The summed E-state index contributed by atoms with van der Waals surface area (Å²) in [5.41, 5.74) is 2.17. The van der Waals surface area contributed by atoms with Crippen LogP contribution >= 0.6 is 27.5 Å². The third-order valence-electron chi connectivity index (χ3n) is 5.08. The van der Waals surface area contributed by atoms with E-state index in [0.29, 0.717) is 42.6 Å². The van der Waals surface area contributed by atoms with Gasteiger partial charge in [-0.3, -0.25) is 4.90 Å². The Bertz CT molecular complexity index is 872. The predicted octanol–water partition coefficient (Wildman–Crippen LogP) is 4.62. The number of benzene rings is 2. The van der Waals surface area contributed by atoms with Gasteiger partial charge in [0.15, 0.2) is 11.5 Å². The molecule has 3 rings (SSSR count). The topological polar surface area (TPSA) is 51.2 Å². The van der Waals surface area contributed by atoms with Gasteiger partial charge in [-0.1, -0.05) is 39.7 Å². The van der Waals surface area contributed by atoms with Gasteiger partial charge in [-0.05, 0) is 35.4 Å². The SMILES string of the molecule is COc1cc(Br)c(CN2CCN(C(=O)OCCc3cccc(Cl)c3)CC2)cc1OC. The molecule has 0 radical (unpaired) electrons. The predicted molar refractivity (Wildman–Crippen MR) is 121 cm³/mol. The van der Waals surface area contributed by atoms with E-state index in [-0.39, 0.29) is 6.09 Å². The fourth-order valence-electron chi connectivity index (χ4n) is 3.39. The summed E-state index contributed by atoms with van der Waals surface area (Å²) in [7, 11) is 3.25. The maximum atomic E-state index is 12.3. The lowest BCUT2D eigenvalue weighted by atomic mass is 10.1. The van der Waals surface area contributed by atoms with Crippen LogP contribution in [0.5, 0.6) is 11.5 Å². The normalized spacial score (nSPS) is 14.5. The van der Waals surface area contributed by atoms with Crippen molar-refractivity contribution in [3.8, 4) is 11.5 Å². The Morgan fingerprint density at radius 3 is 2.43 bits per heavy atom. The third kappa shape index (κ3) is 6.03. The second-order valence-electron chi connectivity index (χ2n) is 7.06. The molecular formula is C22H26BrClN2O4.